The molecule has 0 aliphatic heterocycles. The molecule has 3 unspecified atom stereocenters. The van der Waals surface area contributed by atoms with E-state index in [1.54, 1.807) is 0 Å². The second kappa shape index (κ2) is 4.73. The summed E-state index contributed by atoms with van der Waals surface area (Å²) in [4.78, 5) is 4.21. The SMILES string of the molecule is CNCc1cnccc1OC1CC2CCC1(C)C2(C)C. The van der Waals surface area contributed by atoms with Crippen LogP contribution in [0.4, 0.5) is 0 Å². The fraction of sp³-hybridized carbons (Fsp3) is 0.706. The van der Waals surface area contributed by atoms with Gasteiger partial charge in [-0.3, -0.25) is 4.98 Å². The van der Waals surface area contributed by atoms with Crippen molar-refractivity contribution in [2.24, 2.45) is 16.7 Å². The summed E-state index contributed by atoms with van der Waals surface area (Å²) < 4.78 is 6.45. The molecule has 1 aromatic heterocycles. The molecule has 3 heteroatoms. The zero-order valence-electron chi connectivity index (χ0n) is 13.1. The second-order valence-electron chi connectivity index (χ2n) is 7.23. The van der Waals surface area contributed by atoms with E-state index in [0.29, 0.717) is 16.9 Å². The molecule has 2 fully saturated rings. The molecule has 20 heavy (non-hydrogen) atoms. The summed E-state index contributed by atoms with van der Waals surface area (Å²) in [5.41, 5.74) is 1.85. The van der Waals surface area contributed by atoms with Gasteiger partial charge >= 0.3 is 0 Å². The fourth-order valence-corrected chi connectivity index (χ4v) is 4.31. The highest BCUT2D eigenvalue weighted by molar-refractivity contribution is 5.31. The van der Waals surface area contributed by atoms with Crippen molar-refractivity contribution in [2.45, 2.75) is 52.7 Å². The highest BCUT2D eigenvalue weighted by Crippen LogP contribution is 2.66. The van der Waals surface area contributed by atoms with Crippen molar-refractivity contribution >= 4 is 0 Å². The van der Waals surface area contributed by atoms with Gasteiger partial charge in [0.25, 0.3) is 0 Å². The Balaban J connectivity index is 1.83. The molecule has 0 saturated heterocycles. The number of hydrogen-bond acceptors (Lipinski definition) is 3. The lowest BCUT2D eigenvalue weighted by Gasteiger charge is -2.39. The Morgan fingerprint density at radius 2 is 2.20 bits per heavy atom. The van der Waals surface area contributed by atoms with Gasteiger partial charge in [0.2, 0.25) is 0 Å². The van der Waals surface area contributed by atoms with Crippen molar-refractivity contribution in [2.75, 3.05) is 7.05 Å². The Kier molecular flexibility index (Phi) is 3.28. The van der Waals surface area contributed by atoms with Crippen molar-refractivity contribution in [1.29, 1.82) is 0 Å². The number of fused-ring (bicyclic) bond motifs is 2. The first-order chi connectivity index (χ1) is 9.49. The Labute approximate surface area is 122 Å². The third kappa shape index (κ3) is 1.86. The molecule has 1 N–H and O–H groups in total. The normalized spacial score (nSPS) is 34.4. The molecule has 3 atom stereocenters. The van der Waals surface area contributed by atoms with Gasteiger partial charge in [-0.1, -0.05) is 20.8 Å². The molecule has 2 aliphatic rings. The van der Waals surface area contributed by atoms with Crippen LogP contribution >= 0.6 is 0 Å². The number of ether oxygens (including phenoxy) is 1. The molecule has 3 rings (SSSR count). The average molecular weight is 274 g/mol. The van der Waals surface area contributed by atoms with Gasteiger partial charge in [0, 0.05) is 29.9 Å². The third-order valence-electron chi connectivity index (χ3n) is 6.21. The lowest BCUT2D eigenvalue weighted by atomic mass is 9.70. The Bertz CT molecular complexity index is 500. The summed E-state index contributed by atoms with van der Waals surface area (Å²) in [6, 6.07) is 2.01. The van der Waals surface area contributed by atoms with Gasteiger partial charge in [0.05, 0.1) is 0 Å². The average Bonchev–Trinajstić information content (AvgIpc) is 2.74. The van der Waals surface area contributed by atoms with Gasteiger partial charge in [0.1, 0.15) is 11.9 Å². The molecule has 1 aromatic rings. The van der Waals surface area contributed by atoms with Crippen molar-refractivity contribution < 1.29 is 4.74 Å². The predicted molar refractivity (Wildman–Crippen MR) is 80.6 cm³/mol. The Hall–Kier alpha value is -1.09. The van der Waals surface area contributed by atoms with Crippen molar-refractivity contribution in [3.8, 4) is 5.75 Å². The Morgan fingerprint density at radius 1 is 1.40 bits per heavy atom. The molecule has 0 radical (unpaired) electrons. The Morgan fingerprint density at radius 3 is 2.80 bits per heavy atom. The number of aromatic nitrogens is 1. The minimum atomic E-state index is 0.303. The minimum absolute atomic E-state index is 0.303. The highest BCUT2D eigenvalue weighted by atomic mass is 16.5. The second-order valence-corrected chi connectivity index (χ2v) is 7.23. The summed E-state index contributed by atoms with van der Waals surface area (Å²) in [7, 11) is 1.96. The predicted octanol–water partition coefficient (Wildman–Crippen LogP) is 3.39. The summed E-state index contributed by atoms with van der Waals surface area (Å²) in [5, 5.41) is 3.19. The van der Waals surface area contributed by atoms with Crippen LogP contribution in [0, 0.1) is 16.7 Å². The van der Waals surface area contributed by atoms with Crippen LogP contribution in [0.1, 0.15) is 45.6 Å². The molecular weight excluding hydrogens is 248 g/mol. The molecule has 2 saturated carbocycles. The molecule has 3 nitrogen and oxygen atoms in total. The third-order valence-corrected chi connectivity index (χ3v) is 6.21. The van der Waals surface area contributed by atoms with Crippen LogP contribution in [0.25, 0.3) is 0 Å². The number of hydrogen-bond donors (Lipinski definition) is 1. The number of pyridine rings is 1. The maximum absolute atomic E-state index is 6.45. The molecule has 0 amide bonds. The summed E-state index contributed by atoms with van der Waals surface area (Å²) >= 11 is 0. The monoisotopic (exact) mass is 274 g/mol. The van der Waals surface area contributed by atoms with Gasteiger partial charge < -0.3 is 10.1 Å². The first-order valence-electron chi connectivity index (χ1n) is 7.73. The van der Waals surface area contributed by atoms with E-state index in [2.05, 4.69) is 31.1 Å². The largest absolute Gasteiger partial charge is 0.489 e. The zero-order valence-corrected chi connectivity index (χ0v) is 13.1. The van der Waals surface area contributed by atoms with E-state index in [0.717, 1.165) is 23.8 Å². The lowest BCUT2D eigenvalue weighted by Crippen LogP contribution is -2.39. The van der Waals surface area contributed by atoms with Crippen LogP contribution in [0.15, 0.2) is 18.5 Å². The van der Waals surface area contributed by atoms with Crippen molar-refractivity contribution in [1.82, 2.24) is 10.3 Å². The van der Waals surface area contributed by atoms with E-state index >= 15 is 0 Å². The van der Waals surface area contributed by atoms with Crippen molar-refractivity contribution in [3.63, 3.8) is 0 Å². The molecule has 2 aliphatic carbocycles. The summed E-state index contributed by atoms with van der Waals surface area (Å²) in [5.74, 6) is 1.82. The van der Waals surface area contributed by atoms with Crippen LogP contribution in [0.5, 0.6) is 5.75 Å². The van der Waals surface area contributed by atoms with E-state index in [9.17, 15) is 0 Å². The molecule has 2 bridgehead atoms. The van der Waals surface area contributed by atoms with Gasteiger partial charge in [-0.15, -0.1) is 0 Å². The van der Waals surface area contributed by atoms with E-state index < -0.39 is 0 Å². The van der Waals surface area contributed by atoms with E-state index in [4.69, 9.17) is 4.74 Å². The van der Waals surface area contributed by atoms with Gasteiger partial charge in [-0.25, -0.2) is 0 Å². The smallest absolute Gasteiger partial charge is 0.127 e. The van der Waals surface area contributed by atoms with Crippen LogP contribution in [-0.2, 0) is 6.54 Å². The first-order valence-corrected chi connectivity index (χ1v) is 7.73. The summed E-state index contributed by atoms with van der Waals surface area (Å²) in [6.07, 6.45) is 7.94. The number of nitrogens with zero attached hydrogens (tertiary/aromatic N) is 1. The summed E-state index contributed by atoms with van der Waals surface area (Å²) in [6.45, 7) is 8.08. The zero-order chi connectivity index (χ0) is 14.4. The van der Waals surface area contributed by atoms with Crippen LogP contribution < -0.4 is 10.1 Å². The molecular formula is C17H26N2O. The molecule has 0 aromatic carbocycles. The van der Waals surface area contributed by atoms with E-state index in [-0.39, 0.29) is 0 Å². The lowest BCUT2D eigenvalue weighted by molar-refractivity contribution is 0.0295. The first kappa shape index (κ1) is 13.9. The van der Waals surface area contributed by atoms with Gasteiger partial charge in [-0.2, -0.15) is 0 Å². The van der Waals surface area contributed by atoms with Gasteiger partial charge in [-0.05, 0) is 43.7 Å². The molecule has 0 spiro atoms. The standard InChI is InChI=1S/C17H26N2O/c1-16(2)13-5-7-17(16,3)15(9-13)20-14-6-8-19-11-12(14)10-18-4/h6,8,11,13,15,18H,5,7,9-10H2,1-4H3. The number of rotatable bonds is 4. The number of nitrogens with one attached hydrogen (secondary N) is 1. The quantitative estimate of drug-likeness (QED) is 0.914. The van der Waals surface area contributed by atoms with Gasteiger partial charge in [0.15, 0.2) is 0 Å². The van der Waals surface area contributed by atoms with E-state index in [1.807, 2.05) is 25.5 Å². The van der Waals surface area contributed by atoms with E-state index in [1.165, 1.54) is 19.3 Å². The molecule has 1 heterocycles. The molecule has 110 valence electrons. The maximum Gasteiger partial charge on any atom is 0.127 e. The van der Waals surface area contributed by atoms with Crippen LogP contribution in [0.2, 0.25) is 0 Å². The maximum atomic E-state index is 6.45. The van der Waals surface area contributed by atoms with Crippen LogP contribution in [-0.4, -0.2) is 18.1 Å². The highest BCUT2D eigenvalue weighted by Gasteiger charge is 2.62. The minimum Gasteiger partial charge on any atom is -0.489 e. The topological polar surface area (TPSA) is 34.2 Å². The van der Waals surface area contributed by atoms with Crippen molar-refractivity contribution in [3.05, 3.63) is 24.0 Å². The fourth-order valence-electron chi connectivity index (χ4n) is 4.31. The van der Waals surface area contributed by atoms with Crippen LogP contribution in [0.3, 0.4) is 0 Å².